The highest BCUT2D eigenvalue weighted by atomic mass is 35.5. The molecule has 0 fully saturated rings. The molecule has 2 amide bonds. The summed E-state index contributed by atoms with van der Waals surface area (Å²) in [6.07, 6.45) is 1.64. The molecule has 1 aromatic heterocycles. The van der Waals surface area contributed by atoms with Gasteiger partial charge in [-0.1, -0.05) is 25.4 Å². The van der Waals surface area contributed by atoms with Gasteiger partial charge in [0.15, 0.2) is 5.13 Å². The number of aryl methyl sites for hydroxylation is 1. The van der Waals surface area contributed by atoms with Crippen LogP contribution in [0.1, 0.15) is 29.1 Å². The van der Waals surface area contributed by atoms with Crippen LogP contribution in [-0.4, -0.2) is 27.8 Å². The maximum Gasteiger partial charge on any atom is 0.270 e. The first kappa shape index (κ1) is 19.8. The van der Waals surface area contributed by atoms with Crippen molar-refractivity contribution in [1.29, 1.82) is 0 Å². The first-order valence-electron chi connectivity index (χ1n) is 7.67. The van der Waals surface area contributed by atoms with E-state index in [0.29, 0.717) is 5.13 Å². The molecule has 0 saturated heterocycles. The van der Waals surface area contributed by atoms with Crippen molar-refractivity contribution in [2.24, 2.45) is 5.92 Å². The lowest BCUT2D eigenvalue weighted by Crippen LogP contribution is -2.47. The first-order chi connectivity index (χ1) is 12.2. The van der Waals surface area contributed by atoms with Crippen LogP contribution in [0, 0.1) is 23.0 Å². The van der Waals surface area contributed by atoms with E-state index >= 15 is 0 Å². The lowest BCUT2D eigenvalue weighted by Gasteiger charge is -2.21. The topological polar surface area (TPSA) is 114 Å². The number of nitro benzene ring substituents is 1. The second-order valence-electron chi connectivity index (χ2n) is 5.88. The molecular formula is C16H17ClN4O4S. The molecule has 2 rings (SSSR count). The fourth-order valence-electron chi connectivity index (χ4n) is 2.15. The Labute approximate surface area is 158 Å². The van der Waals surface area contributed by atoms with Gasteiger partial charge in [0.25, 0.3) is 11.6 Å². The van der Waals surface area contributed by atoms with E-state index in [0.717, 1.165) is 10.9 Å². The number of thiazole rings is 1. The zero-order valence-corrected chi connectivity index (χ0v) is 15.9. The average Bonchev–Trinajstić information content (AvgIpc) is 2.96. The molecule has 0 radical (unpaired) electrons. The van der Waals surface area contributed by atoms with E-state index in [4.69, 9.17) is 11.6 Å². The van der Waals surface area contributed by atoms with Gasteiger partial charge in [-0.3, -0.25) is 19.7 Å². The van der Waals surface area contributed by atoms with Gasteiger partial charge in [-0.05, 0) is 18.9 Å². The molecule has 138 valence electrons. The van der Waals surface area contributed by atoms with Gasteiger partial charge in [0, 0.05) is 23.2 Å². The average molecular weight is 397 g/mol. The van der Waals surface area contributed by atoms with Crippen molar-refractivity contribution in [3.8, 4) is 0 Å². The van der Waals surface area contributed by atoms with Crippen molar-refractivity contribution in [2.75, 3.05) is 5.32 Å². The quantitative estimate of drug-likeness (QED) is 0.573. The molecule has 8 nitrogen and oxygen atoms in total. The minimum Gasteiger partial charge on any atom is -0.340 e. The van der Waals surface area contributed by atoms with Crippen LogP contribution in [-0.2, 0) is 4.79 Å². The molecule has 0 aliphatic carbocycles. The number of nitro groups is 1. The molecule has 1 aromatic carbocycles. The van der Waals surface area contributed by atoms with Gasteiger partial charge in [-0.2, -0.15) is 0 Å². The Hall–Kier alpha value is -2.52. The maximum atomic E-state index is 12.5. The van der Waals surface area contributed by atoms with Crippen molar-refractivity contribution in [3.63, 3.8) is 0 Å². The van der Waals surface area contributed by atoms with E-state index in [9.17, 15) is 19.7 Å². The minimum absolute atomic E-state index is 0.0563. The van der Waals surface area contributed by atoms with Crippen molar-refractivity contribution in [3.05, 3.63) is 50.0 Å². The second kappa shape index (κ2) is 8.24. The molecular weight excluding hydrogens is 380 g/mol. The highest BCUT2D eigenvalue weighted by Gasteiger charge is 2.26. The van der Waals surface area contributed by atoms with Crippen LogP contribution in [0.5, 0.6) is 0 Å². The second-order valence-corrected chi connectivity index (χ2v) is 7.52. The number of benzene rings is 1. The zero-order chi connectivity index (χ0) is 19.4. The van der Waals surface area contributed by atoms with Gasteiger partial charge in [0.2, 0.25) is 5.91 Å². The van der Waals surface area contributed by atoms with Crippen LogP contribution in [0.2, 0.25) is 5.02 Å². The summed E-state index contributed by atoms with van der Waals surface area (Å²) in [6, 6.07) is 2.72. The predicted molar refractivity (Wildman–Crippen MR) is 99.7 cm³/mol. The standard InChI is InChI=1S/C16H17ClN4O4S/c1-8(2)13(15(23)20-16-18-7-9(3)26-16)19-14(22)11-5-4-10(21(24)25)6-12(11)17/h4-8,13H,1-3H3,(H,19,22)(H,18,20,23). The molecule has 0 aliphatic heterocycles. The number of hydrogen-bond donors (Lipinski definition) is 2. The molecule has 1 heterocycles. The molecule has 26 heavy (non-hydrogen) atoms. The third kappa shape index (κ3) is 4.77. The van der Waals surface area contributed by atoms with E-state index < -0.39 is 22.8 Å². The van der Waals surface area contributed by atoms with Crippen LogP contribution in [0.3, 0.4) is 0 Å². The third-order valence-electron chi connectivity index (χ3n) is 3.50. The van der Waals surface area contributed by atoms with Crippen LogP contribution < -0.4 is 10.6 Å². The fourth-order valence-corrected chi connectivity index (χ4v) is 3.08. The third-order valence-corrected chi connectivity index (χ3v) is 4.64. The number of nitrogens with one attached hydrogen (secondary N) is 2. The number of hydrogen-bond acceptors (Lipinski definition) is 6. The van der Waals surface area contributed by atoms with E-state index in [1.54, 1.807) is 20.0 Å². The van der Waals surface area contributed by atoms with Crippen molar-refractivity contribution in [2.45, 2.75) is 26.8 Å². The number of carbonyl (C=O) groups excluding carboxylic acids is 2. The zero-order valence-electron chi connectivity index (χ0n) is 14.3. The smallest absolute Gasteiger partial charge is 0.270 e. The molecule has 0 bridgehead atoms. The number of aromatic nitrogens is 1. The van der Waals surface area contributed by atoms with Crippen LogP contribution in [0.4, 0.5) is 10.8 Å². The lowest BCUT2D eigenvalue weighted by molar-refractivity contribution is -0.384. The summed E-state index contributed by atoms with van der Waals surface area (Å²) < 4.78 is 0. The summed E-state index contributed by atoms with van der Waals surface area (Å²) in [5.41, 5.74) is -0.162. The summed E-state index contributed by atoms with van der Waals surface area (Å²) in [5, 5.41) is 16.4. The fraction of sp³-hybridized carbons (Fsp3) is 0.312. The van der Waals surface area contributed by atoms with Gasteiger partial charge >= 0.3 is 0 Å². The van der Waals surface area contributed by atoms with E-state index in [1.165, 1.54) is 23.5 Å². The molecule has 0 aliphatic rings. The summed E-state index contributed by atoms with van der Waals surface area (Å²) in [6.45, 7) is 5.44. The summed E-state index contributed by atoms with van der Waals surface area (Å²) in [5.74, 6) is -1.19. The number of non-ortho nitro benzene ring substituents is 1. The Morgan fingerprint density at radius 3 is 2.54 bits per heavy atom. The molecule has 10 heteroatoms. The minimum atomic E-state index is -0.821. The highest BCUT2D eigenvalue weighted by Crippen LogP contribution is 2.23. The highest BCUT2D eigenvalue weighted by molar-refractivity contribution is 7.15. The predicted octanol–water partition coefficient (Wildman–Crippen LogP) is 3.41. The monoisotopic (exact) mass is 396 g/mol. The van der Waals surface area contributed by atoms with Crippen LogP contribution in [0.15, 0.2) is 24.4 Å². The van der Waals surface area contributed by atoms with Crippen molar-refractivity contribution < 1.29 is 14.5 Å². The van der Waals surface area contributed by atoms with Crippen LogP contribution in [0.25, 0.3) is 0 Å². The Kier molecular flexibility index (Phi) is 6.27. The lowest BCUT2D eigenvalue weighted by atomic mass is 10.0. The number of amides is 2. The summed E-state index contributed by atoms with van der Waals surface area (Å²) in [4.78, 5) is 40.1. The van der Waals surface area contributed by atoms with E-state index in [-0.39, 0.29) is 22.2 Å². The van der Waals surface area contributed by atoms with Gasteiger partial charge in [0.1, 0.15) is 6.04 Å². The number of halogens is 1. The normalized spacial score (nSPS) is 11.9. The van der Waals surface area contributed by atoms with E-state index in [2.05, 4.69) is 15.6 Å². The molecule has 2 N–H and O–H groups in total. The number of nitrogens with zero attached hydrogens (tertiary/aromatic N) is 2. The number of carbonyl (C=O) groups is 2. The van der Waals surface area contributed by atoms with Gasteiger partial charge in [-0.15, -0.1) is 11.3 Å². The van der Waals surface area contributed by atoms with Gasteiger partial charge in [0.05, 0.1) is 15.5 Å². The van der Waals surface area contributed by atoms with Crippen molar-refractivity contribution >= 4 is 45.6 Å². The Morgan fingerprint density at radius 1 is 1.35 bits per heavy atom. The molecule has 2 aromatic rings. The Morgan fingerprint density at radius 2 is 2.04 bits per heavy atom. The van der Waals surface area contributed by atoms with E-state index in [1.807, 2.05) is 6.92 Å². The van der Waals surface area contributed by atoms with Gasteiger partial charge in [-0.25, -0.2) is 4.98 Å². The van der Waals surface area contributed by atoms with Gasteiger partial charge < -0.3 is 10.6 Å². The molecule has 0 spiro atoms. The Bertz CT molecular complexity index is 853. The number of anilines is 1. The van der Waals surface area contributed by atoms with Crippen LogP contribution >= 0.6 is 22.9 Å². The Balaban J connectivity index is 2.15. The number of rotatable bonds is 6. The summed E-state index contributed by atoms with van der Waals surface area (Å²) in [7, 11) is 0. The SMILES string of the molecule is Cc1cnc(NC(=O)C(NC(=O)c2ccc([N+](=O)[O-])cc2Cl)C(C)C)s1. The maximum absolute atomic E-state index is 12.5. The molecule has 0 saturated carbocycles. The van der Waals surface area contributed by atoms with Crippen molar-refractivity contribution in [1.82, 2.24) is 10.3 Å². The molecule has 1 unspecified atom stereocenters. The summed E-state index contributed by atoms with van der Waals surface area (Å²) >= 11 is 7.30. The first-order valence-corrected chi connectivity index (χ1v) is 8.86. The molecule has 1 atom stereocenters. The largest absolute Gasteiger partial charge is 0.340 e.